The molecular weight excluding hydrogens is 750 g/mol. The number of phosphoric acid groups is 1. The minimum absolute atomic E-state index is 0.0239. The van der Waals surface area contributed by atoms with Gasteiger partial charge in [0.2, 0.25) is 0 Å². The Morgan fingerprint density at radius 1 is 0.534 bits per heavy atom. The molecule has 1 N–H and O–H groups in total. The first-order valence-electron chi connectivity index (χ1n) is 23.0. The summed E-state index contributed by atoms with van der Waals surface area (Å²) in [7, 11) is 1.45. The summed E-state index contributed by atoms with van der Waals surface area (Å²) in [6.07, 6.45) is 48.4. The van der Waals surface area contributed by atoms with Crippen LogP contribution < -0.4 is 0 Å². The number of ether oxygens (including phenoxy) is 2. The van der Waals surface area contributed by atoms with Gasteiger partial charge in [0.05, 0.1) is 27.7 Å². The van der Waals surface area contributed by atoms with Crippen molar-refractivity contribution in [2.45, 2.75) is 187 Å². The van der Waals surface area contributed by atoms with Crippen molar-refractivity contribution in [2.75, 3.05) is 47.5 Å². The van der Waals surface area contributed by atoms with Gasteiger partial charge < -0.3 is 18.9 Å². The lowest BCUT2D eigenvalue weighted by Gasteiger charge is -2.24. The van der Waals surface area contributed by atoms with E-state index in [0.717, 1.165) is 103 Å². The molecule has 0 heterocycles. The van der Waals surface area contributed by atoms with Crippen LogP contribution in [0.25, 0.3) is 0 Å². The molecule has 336 valence electrons. The minimum Gasteiger partial charge on any atom is -0.462 e. The maximum Gasteiger partial charge on any atom is 0.472 e. The van der Waals surface area contributed by atoms with Gasteiger partial charge in [-0.2, -0.15) is 0 Å². The maximum atomic E-state index is 12.7. The second-order valence-electron chi connectivity index (χ2n) is 16.4. The molecule has 58 heavy (non-hydrogen) atoms. The smallest absolute Gasteiger partial charge is 0.462 e. The van der Waals surface area contributed by atoms with Gasteiger partial charge in [-0.15, -0.1) is 0 Å². The zero-order valence-electron chi connectivity index (χ0n) is 37.8. The Hall–Kier alpha value is -2.29. The Balaban J connectivity index is 4.36. The molecule has 9 nitrogen and oxygen atoms in total. The summed E-state index contributed by atoms with van der Waals surface area (Å²) >= 11 is 0. The van der Waals surface area contributed by atoms with Crippen LogP contribution in [0.3, 0.4) is 0 Å². The third-order valence-corrected chi connectivity index (χ3v) is 10.5. The number of rotatable bonds is 41. The van der Waals surface area contributed by atoms with E-state index in [1.165, 1.54) is 44.9 Å². The van der Waals surface area contributed by atoms with Crippen molar-refractivity contribution in [1.29, 1.82) is 0 Å². The average Bonchev–Trinajstić information content (AvgIpc) is 3.17. The maximum absolute atomic E-state index is 12.7. The number of carbonyl (C=O) groups excluding carboxylic acids is 2. The standard InChI is InChI=1S/C48H86NO8P/c1-6-8-10-12-14-16-18-20-21-22-23-24-25-26-27-29-31-33-35-37-39-41-48(51)57-46(45-56-58(52,53)55-43-42-49(3,4)5)44-54-47(50)40-38-36-34-32-30-28-19-17-15-13-11-9-7-2/h11,13,17-20,22-23,25-26,46H,6-10,12,14-16,21,24,27-45H2,1-5H3/p+1/b13-11-,19-17-,20-18-,23-22-,26-25-. The molecule has 0 spiro atoms. The molecular formula is C48H87NO8P+. The Labute approximate surface area is 356 Å². The lowest BCUT2D eigenvalue weighted by molar-refractivity contribution is -0.870. The van der Waals surface area contributed by atoms with Crippen LogP contribution in [0.5, 0.6) is 0 Å². The predicted molar refractivity (Wildman–Crippen MR) is 243 cm³/mol. The fourth-order valence-electron chi connectivity index (χ4n) is 5.88. The SMILES string of the molecule is CCC/C=C\C/C=C\CCCCCCCC(=O)OCC(COP(=O)(O)OCC[N+](C)(C)C)OC(=O)CCCCCCCC/C=C\C/C=C\C/C=C\CCCCCCC. The Bertz CT molecular complexity index is 1170. The highest BCUT2D eigenvalue weighted by atomic mass is 31.2. The number of esters is 2. The van der Waals surface area contributed by atoms with Crippen LogP contribution in [0.1, 0.15) is 181 Å². The molecule has 10 heteroatoms. The van der Waals surface area contributed by atoms with Gasteiger partial charge in [-0.25, -0.2) is 4.57 Å². The van der Waals surface area contributed by atoms with Crippen molar-refractivity contribution in [3.05, 3.63) is 60.8 Å². The highest BCUT2D eigenvalue weighted by molar-refractivity contribution is 7.47. The zero-order chi connectivity index (χ0) is 42.8. The number of quaternary nitrogens is 1. The molecule has 0 rings (SSSR count). The molecule has 0 aromatic carbocycles. The van der Waals surface area contributed by atoms with E-state index in [1.54, 1.807) is 0 Å². The molecule has 0 aliphatic heterocycles. The fraction of sp³-hybridized carbons (Fsp3) is 0.750. The van der Waals surface area contributed by atoms with E-state index in [9.17, 15) is 19.0 Å². The molecule has 0 aliphatic carbocycles. The van der Waals surface area contributed by atoms with E-state index < -0.39 is 26.5 Å². The molecule has 0 aromatic rings. The lowest BCUT2D eigenvalue weighted by atomic mass is 10.1. The lowest BCUT2D eigenvalue weighted by Crippen LogP contribution is -2.37. The highest BCUT2D eigenvalue weighted by Gasteiger charge is 2.27. The van der Waals surface area contributed by atoms with E-state index in [4.69, 9.17) is 18.5 Å². The van der Waals surface area contributed by atoms with Gasteiger partial charge in [0.25, 0.3) is 0 Å². The van der Waals surface area contributed by atoms with E-state index in [-0.39, 0.29) is 32.0 Å². The van der Waals surface area contributed by atoms with Gasteiger partial charge in [-0.3, -0.25) is 18.6 Å². The van der Waals surface area contributed by atoms with Crippen LogP contribution in [0, 0.1) is 0 Å². The number of likely N-dealkylation sites (N-methyl/N-ethyl adjacent to an activating group) is 1. The fourth-order valence-corrected chi connectivity index (χ4v) is 6.62. The quantitative estimate of drug-likeness (QED) is 0.0213. The molecule has 0 saturated heterocycles. The summed E-state index contributed by atoms with van der Waals surface area (Å²) in [4.78, 5) is 35.4. The summed E-state index contributed by atoms with van der Waals surface area (Å²) in [6.45, 7) is 4.30. The zero-order valence-corrected chi connectivity index (χ0v) is 38.7. The summed E-state index contributed by atoms with van der Waals surface area (Å²) in [5.41, 5.74) is 0. The number of carbonyl (C=O) groups is 2. The summed E-state index contributed by atoms with van der Waals surface area (Å²) in [5.74, 6) is -0.833. The van der Waals surface area contributed by atoms with Crippen molar-refractivity contribution >= 4 is 19.8 Å². The second kappa shape index (κ2) is 40.1. The third-order valence-electron chi connectivity index (χ3n) is 9.50. The van der Waals surface area contributed by atoms with Crippen molar-refractivity contribution in [2.24, 2.45) is 0 Å². The topological polar surface area (TPSA) is 108 Å². The van der Waals surface area contributed by atoms with Gasteiger partial charge in [-0.05, 0) is 77.0 Å². The monoisotopic (exact) mass is 837 g/mol. The third kappa shape index (κ3) is 43.3. The second-order valence-corrected chi connectivity index (χ2v) is 17.9. The van der Waals surface area contributed by atoms with Crippen molar-refractivity contribution in [3.63, 3.8) is 0 Å². The molecule has 0 amide bonds. The number of phosphoric ester groups is 1. The minimum atomic E-state index is -4.38. The van der Waals surface area contributed by atoms with E-state index in [1.807, 2.05) is 21.1 Å². The van der Waals surface area contributed by atoms with Gasteiger partial charge in [0.15, 0.2) is 6.10 Å². The number of hydrogen-bond acceptors (Lipinski definition) is 7. The molecule has 0 aliphatic rings. The molecule has 2 unspecified atom stereocenters. The number of allylic oxidation sites excluding steroid dienone is 10. The molecule has 0 aromatic heterocycles. The van der Waals surface area contributed by atoms with Crippen LogP contribution in [-0.4, -0.2) is 74.9 Å². The largest absolute Gasteiger partial charge is 0.472 e. The van der Waals surface area contributed by atoms with Crippen LogP contribution in [0.2, 0.25) is 0 Å². The van der Waals surface area contributed by atoms with Gasteiger partial charge in [-0.1, -0.05) is 152 Å². The van der Waals surface area contributed by atoms with Crippen molar-refractivity contribution in [1.82, 2.24) is 0 Å². The first-order valence-corrected chi connectivity index (χ1v) is 24.5. The van der Waals surface area contributed by atoms with Gasteiger partial charge in [0.1, 0.15) is 19.8 Å². The predicted octanol–water partition coefficient (Wildman–Crippen LogP) is 13.2. The van der Waals surface area contributed by atoms with E-state index >= 15 is 0 Å². The first kappa shape index (κ1) is 55.7. The Morgan fingerprint density at radius 3 is 1.45 bits per heavy atom. The first-order chi connectivity index (χ1) is 28.0. The van der Waals surface area contributed by atoms with Gasteiger partial charge in [0, 0.05) is 12.8 Å². The van der Waals surface area contributed by atoms with Crippen molar-refractivity contribution < 1.29 is 42.1 Å². The molecule has 2 atom stereocenters. The van der Waals surface area contributed by atoms with Crippen LogP contribution in [0.4, 0.5) is 0 Å². The van der Waals surface area contributed by atoms with Crippen LogP contribution in [0.15, 0.2) is 60.8 Å². The van der Waals surface area contributed by atoms with Gasteiger partial charge >= 0.3 is 19.8 Å². The van der Waals surface area contributed by atoms with Crippen molar-refractivity contribution in [3.8, 4) is 0 Å². The number of unbranched alkanes of at least 4 members (excludes halogenated alkanes) is 17. The molecule has 0 bridgehead atoms. The summed E-state index contributed by atoms with van der Waals surface area (Å²) < 4.78 is 34.3. The van der Waals surface area contributed by atoms with Crippen LogP contribution in [-0.2, 0) is 32.7 Å². The molecule has 0 saturated carbocycles. The average molecular weight is 837 g/mol. The summed E-state index contributed by atoms with van der Waals surface area (Å²) in [5, 5.41) is 0. The number of nitrogens with zero attached hydrogens (tertiary/aromatic N) is 1. The van der Waals surface area contributed by atoms with E-state index in [0.29, 0.717) is 17.4 Å². The molecule has 0 radical (unpaired) electrons. The Morgan fingerprint density at radius 2 is 0.966 bits per heavy atom. The number of hydrogen-bond donors (Lipinski definition) is 1. The highest BCUT2D eigenvalue weighted by Crippen LogP contribution is 2.43. The van der Waals surface area contributed by atoms with E-state index in [2.05, 4.69) is 74.6 Å². The summed E-state index contributed by atoms with van der Waals surface area (Å²) in [6, 6.07) is 0. The molecule has 0 fully saturated rings. The van der Waals surface area contributed by atoms with Crippen LogP contribution >= 0.6 is 7.82 Å². The normalized spacial score (nSPS) is 14.1. The Kier molecular flexibility index (Phi) is 38.5.